The van der Waals surface area contributed by atoms with Crippen molar-refractivity contribution in [3.8, 4) is 11.1 Å². The molecule has 1 heterocycles. The molecule has 102 valence electrons. The minimum absolute atomic E-state index is 0.287. The van der Waals surface area contributed by atoms with E-state index in [1.54, 1.807) is 6.07 Å². The molecule has 4 rings (SSSR count). The lowest BCUT2D eigenvalue weighted by molar-refractivity contribution is 0.618. The van der Waals surface area contributed by atoms with E-state index in [1.165, 1.54) is 12.1 Å². The van der Waals surface area contributed by atoms with Gasteiger partial charge in [0.25, 0.3) is 0 Å². The Balaban J connectivity index is 2.08. The second kappa shape index (κ2) is 4.71. The lowest BCUT2D eigenvalue weighted by Crippen LogP contribution is -1.78. The van der Waals surface area contributed by atoms with Crippen LogP contribution in [0.4, 0.5) is 4.39 Å². The monoisotopic (exact) mass is 340 g/mol. The molecule has 0 bridgehead atoms. The number of rotatable bonds is 1. The molecule has 0 aliphatic heterocycles. The molecule has 0 saturated carbocycles. The van der Waals surface area contributed by atoms with Crippen molar-refractivity contribution in [2.75, 3.05) is 0 Å². The first-order valence-electron chi connectivity index (χ1n) is 6.59. The van der Waals surface area contributed by atoms with Crippen molar-refractivity contribution in [1.29, 1.82) is 0 Å². The van der Waals surface area contributed by atoms with Gasteiger partial charge in [0.1, 0.15) is 17.0 Å². The van der Waals surface area contributed by atoms with E-state index in [-0.39, 0.29) is 5.82 Å². The van der Waals surface area contributed by atoms with E-state index in [4.69, 9.17) is 4.42 Å². The van der Waals surface area contributed by atoms with Gasteiger partial charge in [-0.05, 0) is 29.8 Å². The van der Waals surface area contributed by atoms with E-state index in [0.717, 1.165) is 32.0 Å². The second-order valence-electron chi connectivity index (χ2n) is 4.94. The zero-order chi connectivity index (χ0) is 14.4. The topological polar surface area (TPSA) is 13.1 Å². The van der Waals surface area contributed by atoms with Gasteiger partial charge in [-0.1, -0.05) is 46.3 Å². The van der Waals surface area contributed by atoms with Crippen molar-refractivity contribution in [2.45, 2.75) is 0 Å². The SMILES string of the molecule is Fc1ccc2c(c1)oc1c(-c3cccc(Br)c3)cccc12. The summed E-state index contributed by atoms with van der Waals surface area (Å²) in [7, 11) is 0. The van der Waals surface area contributed by atoms with Crippen LogP contribution in [0, 0.1) is 5.82 Å². The molecule has 0 unspecified atom stereocenters. The Bertz CT molecular complexity index is 971. The average molecular weight is 341 g/mol. The first kappa shape index (κ1) is 12.6. The summed E-state index contributed by atoms with van der Waals surface area (Å²) in [6.07, 6.45) is 0. The van der Waals surface area contributed by atoms with Gasteiger partial charge in [-0.3, -0.25) is 0 Å². The minimum Gasteiger partial charge on any atom is -0.455 e. The van der Waals surface area contributed by atoms with Crippen molar-refractivity contribution in [2.24, 2.45) is 0 Å². The fraction of sp³-hybridized carbons (Fsp3) is 0. The van der Waals surface area contributed by atoms with E-state index in [1.807, 2.05) is 42.5 Å². The number of para-hydroxylation sites is 1. The van der Waals surface area contributed by atoms with Crippen LogP contribution in [0.2, 0.25) is 0 Å². The summed E-state index contributed by atoms with van der Waals surface area (Å²) in [4.78, 5) is 0. The van der Waals surface area contributed by atoms with Gasteiger partial charge in [0.2, 0.25) is 0 Å². The van der Waals surface area contributed by atoms with E-state index in [0.29, 0.717) is 5.58 Å². The summed E-state index contributed by atoms with van der Waals surface area (Å²) in [5.74, 6) is -0.287. The molecule has 0 saturated heterocycles. The number of hydrogen-bond acceptors (Lipinski definition) is 1. The summed E-state index contributed by atoms with van der Waals surface area (Å²) < 4.78 is 20.3. The van der Waals surface area contributed by atoms with Crippen molar-refractivity contribution in [3.05, 3.63) is 71.0 Å². The fourth-order valence-corrected chi connectivity index (χ4v) is 3.05. The van der Waals surface area contributed by atoms with Crippen LogP contribution >= 0.6 is 15.9 Å². The Hall–Kier alpha value is -2.13. The standard InChI is InChI=1S/C18H10BrFO/c19-12-4-1-3-11(9-12)14-5-2-6-16-15-8-7-13(20)10-17(15)21-18(14)16/h1-10H. The Morgan fingerprint density at radius 3 is 2.57 bits per heavy atom. The lowest BCUT2D eigenvalue weighted by Gasteiger charge is -2.03. The Labute approximate surface area is 129 Å². The molecular weight excluding hydrogens is 331 g/mol. The van der Waals surface area contributed by atoms with Crippen LogP contribution in [0.15, 0.2) is 69.6 Å². The Kier molecular flexibility index (Phi) is 2.82. The predicted molar refractivity (Wildman–Crippen MR) is 86.8 cm³/mol. The van der Waals surface area contributed by atoms with Gasteiger partial charge in [0.05, 0.1) is 0 Å². The Morgan fingerprint density at radius 1 is 0.857 bits per heavy atom. The second-order valence-corrected chi connectivity index (χ2v) is 5.85. The van der Waals surface area contributed by atoms with Gasteiger partial charge in [-0.15, -0.1) is 0 Å². The van der Waals surface area contributed by atoms with Crippen LogP contribution in [-0.2, 0) is 0 Å². The number of benzene rings is 3. The van der Waals surface area contributed by atoms with Crippen LogP contribution in [-0.4, -0.2) is 0 Å². The van der Waals surface area contributed by atoms with Gasteiger partial charge in [0, 0.05) is 26.9 Å². The third-order valence-corrected chi connectivity index (χ3v) is 4.09. The summed E-state index contributed by atoms with van der Waals surface area (Å²) in [6, 6.07) is 18.7. The fourth-order valence-electron chi connectivity index (χ4n) is 2.66. The van der Waals surface area contributed by atoms with Crippen LogP contribution in [0.5, 0.6) is 0 Å². The predicted octanol–water partition coefficient (Wildman–Crippen LogP) is 6.15. The van der Waals surface area contributed by atoms with E-state index in [9.17, 15) is 4.39 Å². The summed E-state index contributed by atoms with van der Waals surface area (Å²) >= 11 is 3.49. The molecule has 3 heteroatoms. The van der Waals surface area contributed by atoms with Crippen molar-refractivity contribution in [1.82, 2.24) is 0 Å². The maximum Gasteiger partial charge on any atom is 0.143 e. The summed E-state index contributed by atoms with van der Waals surface area (Å²) in [5, 5.41) is 1.94. The maximum absolute atomic E-state index is 13.4. The highest BCUT2D eigenvalue weighted by Crippen LogP contribution is 2.36. The highest BCUT2D eigenvalue weighted by Gasteiger charge is 2.12. The molecule has 21 heavy (non-hydrogen) atoms. The molecular formula is C18H10BrFO. The zero-order valence-electron chi connectivity index (χ0n) is 10.9. The van der Waals surface area contributed by atoms with Gasteiger partial charge in [0.15, 0.2) is 0 Å². The Morgan fingerprint density at radius 2 is 1.71 bits per heavy atom. The molecule has 1 aromatic heterocycles. The average Bonchev–Trinajstić information content (AvgIpc) is 2.84. The van der Waals surface area contributed by atoms with E-state index in [2.05, 4.69) is 15.9 Å². The van der Waals surface area contributed by atoms with Crippen LogP contribution in [0.3, 0.4) is 0 Å². The molecule has 1 nitrogen and oxygen atoms in total. The molecule has 0 amide bonds. The molecule has 4 aromatic rings. The van der Waals surface area contributed by atoms with Gasteiger partial charge >= 0.3 is 0 Å². The van der Waals surface area contributed by atoms with Crippen molar-refractivity contribution >= 4 is 37.9 Å². The molecule has 0 atom stereocenters. The molecule has 0 N–H and O–H groups in total. The zero-order valence-corrected chi connectivity index (χ0v) is 12.5. The number of fused-ring (bicyclic) bond motifs is 3. The number of hydrogen-bond donors (Lipinski definition) is 0. The third kappa shape index (κ3) is 2.05. The van der Waals surface area contributed by atoms with Gasteiger partial charge < -0.3 is 4.42 Å². The number of furan rings is 1. The van der Waals surface area contributed by atoms with Crippen molar-refractivity contribution < 1.29 is 8.81 Å². The summed E-state index contributed by atoms with van der Waals surface area (Å²) in [5.41, 5.74) is 3.43. The minimum atomic E-state index is -0.287. The summed E-state index contributed by atoms with van der Waals surface area (Å²) in [6.45, 7) is 0. The van der Waals surface area contributed by atoms with Gasteiger partial charge in [-0.25, -0.2) is 4.39 Å². The molecule has 0 aliphatic carbocycles. The largest absolute Gasteiger partial charge is 0.455 e. The first-order chi connectivity index (χ1) is 10.2. The smallest absolute Gasteiger partial charge is 0.143 e. The molecule has 3 aromatic carbocycles. The number of halogens is 2. The van der Waals surface area contributed by atoms with Crippen LogP contribution < -0.4 is 0 Å². The van der Waals surface area contributed by atoms with E-state index < -0.39 is 0 Å². The quantitative estimate of drug-likeness (QED) is 0.404. The van der Waals surface area contributed by atoms with Gasteiger partial charge in [-0.2, -0.15) is 0 Å². The molecule has 0 spiro atoms. The lowest BCUT2D eigenvalue weighted by atomic mass is 10.0. The highest BCUT2D eigenvalue weighted by atomic mass is 79.9. The molecule has 0 aliphatic rings. The molecule has 0 fully saturated rings. The molecule has 0 radical (unpaired) electrons. The van der Waals surface area contributed by atoms with E-state index >= 15 is 0 Å². The van der Waals surface area contributed by atoms with Crippen LogP contribution in [0.25, 0.3) is 33.1 Å². The highest BCUT2D eigenvalue weighted by molar-refractivity contribution is 9.10. The first-order valence-corrected chi connectivity index (χ1v) is 7.38. The van der Waals surface area contributed by atoms with Crippen LogP contribution in [0.1, 0.15) is 0 Å². The van der Waals surface area contributed by atoms with Crippen molar-refractivity contribution in [3.63, 3.8) is 0 Å². The maximum atomic E-state index is 13.4. The normalized spacial score (nSPS) is 11.3. The third-order valence-electron chi connectivity index (χ3n) is 3.60.